The summed E-state index contributed by atoms with van der Waals surface area (Å²) in [5.74, 6) is 0.169. The molecule has 4 nitrogen and oxygen atoms in total. The van der Waals surface area contributed by atoms with Gasteiger partial charge < -0.3 is 4.90 Å². The lowest BCUT2D eigenvalue weighted by Crippen LogP contribution is -2.36. The predicted molar refractivity (Wildman–Crippen MR) is 83.7 cm³/mol. The molecule has 0 atom stereocenters. The Labute approximate surface area is 126 Å². The zero-order valence-corrected chi connectivity index (χ0v) is 13.0. The molecule has 0 fully saturated rings. The molecule has 2 aromatic rings. The molecule has 2 rings (SSSR count). The molecule has 0 saturated carbocycles. The van der Waals surface area contributed by atoms with E-state index in [9.17, 15) is 4.79 Å². The van der Waals surface area contributed by atoms with Crippen molar-refractivity contribution in [3.63, 3.8) is 0 Å². The smallest absolute Gasteiger partial charge is 0.224 e. The van der Waals surface area contributed by atoms with Gasteiger partial charge in [0.15, 0.2) is 0 Å². The summed E-state index contributed by atoms with van der Waals surface area (Å²) in [6, 6.07) is 10.3. The van der Waals surface area contributed by atoms with Crippen molar-refractivity contribution in [2.75, 3.05) is 0 Å². The van der Waals surface area contributed by atoms with Crippen LogP contribution in [0.3, 0.4) is 0 Å². The van der Waals surface area contributed by atoms with Crippen molar-refractivity contribution in [1.29, 1.82) is 0 Å². The Morgan fingerprint density at radius 2 is 2.00 bits per heavy atom. The van der Waals surface area contributed by atoms with Gasteiger partial charge in [-0.05, 0) is 31.9 Å². The van der Waals surface area contributed by atoms with Crippen LogP contribution in [0, 0.1) is 6.92 Å². The maximum absolute atomic E-state index is 12.5. The molecule has 112 valence electrons. The average molecular weight is 285 g/mol. The molecule has 0 aliphatic carbocycles. The molecule has 0 spiro atoms. The molecular weight excluding hydrogens is 262 g/mol. The first-order valence-corrected chi connectivity index (χ1v) is 7.38. The molecule has 1 aromatic heterocycles. The molecule has 0 saturated heterocycles. The number of hydrogen-bond acceptors (Lipinski definition) is 2. The number of hydrogen-bond donors (Lipinski definition) is 0. The zero-order chi connectivity index (χ0) is 15.2. The van der Waals surface area contributed by atoms with Crippen LogP contribution in [-0.2, 0) is 17.9 Å². The van der Waals surface area contributed by atoms with Crippen LogP contribution in [0.25, 0.3) is 0 Å². The van der Waals surface area contributed by atoms with Crippen LogP contribution in [0.4, 0.5) is 0 Å². The molecule has 21 heavy (non-hydrogen) atoms. The summed E-state index contributed by atoms with van der Waals surface area (Å²) in [6.07, 6.45) is 4.25. The van der Waals surface area contributed by atoms with Crippen LogP contribution in [0.1, 0.15) is 31.4 Å². The molecule has 4 heteroatoms. The van der Waals surface area contributed by atoms with Crippen molar-refractivity contribution in [1.82, 2.24) is 14.7 Å². The Morgan fingerprint density at radius 1 is 1.29 bits per heavy atom. The number of rotatable bonds is 6. The van der Waals surface area contributed by atoms with Gasteiger partial charge in [0.1, 0.15) is 0 Å². The van der Waals surface area contributed by atoms with Gasteiger partial charge in [0.2, 0.25) is 5.91 Å². The van der Waals surface area contributed by atoms with Gasteiger partial charge in [0, 0.05) is 31.7 Å². The van der Waals surface area contributed by atoms with Crippen molar-refractivity contribution < 1.29 is 4.79 Å². The monoisotopic (exact) mass is 285 g/mol. The largest absolute Gasteiger partial charge is 0.336 e. The summed E-state index contributed by atoms with van der Waals surface area (Å²) >= 11 is 0. The fraction of sp³-hybridized carbons (Fsp3) is 0.412. The molecular formula is C17H23N3O. The first-order chi connectivity index (χ1) is 10.1. The second-order valence-electron chi connectivity index (χ2n) is 5.63. The molecule has 0 aliphatic heterocycles. The van der Waals surface area contributed by atoms with E-state index in [1.165, 1.54) is 0 Å². The third-order valence-electron chi connectivity index (χ3n) is 3.46. The lowest BCUT2D eigenvalue weighted by atomic mass is 10.1. The molecule has 1 amide bonds. The van der Waals surface area contributed by atoms with Crippen LogP contribution in [0.5, 0.6) is 0 Å². The van der Waals surface area contributed by atoms with Crippen LogP contribution in [-0.4, -0.2) is 26.6 Å². The van der Waals surface area contributed by atoms with Crippen LogP contribution >= 0.6 is 0 Å². The lowest BCUT2D eigenvalue weighted by molar-refractivity contribution is -0.133. The molecule has 1 heterocycles. The Hall–Kier alpha value is -2.10. The van der Waals surface area contributed by atoms with E-state index >= 15 is 0 Å². The Bertz CT molecular complexity index is 575. The summed E-state index contributed by atoms with van der Waals surface area (Å²) in [4.78, 5) is 14.4. The number of amides is 1. The van der Waals surface area contributed by atoms with E-state index in [4.69, 9.17) is 0 Å². The topological polar surface area (TPSA) is 38.1 Å². The van der Waals surface area contributed by atoms with Gasteiger partial charge in [-0.25, -0.2) is 0 Å². The highest BCUT2D eigenvalue weighted by Gasteiger charge is 2.17. The van der Waals surface area contributed by atoms with Crippen molar-refractivity contribution in [3.05, 3.63) is 53.9 Å². The Kier molecular flexibility index (Phi) is 5.14. The van der Waals surface area contributed by atoms with E-state index in [1.54, 1.807) is 0 Å². The summed E-state index contributed by atoms with van der Waals surface area (Å²) in [5, 5.41) is 4.22. The van der Waals surface area contributed by atoms with E-state index in [-0.39, 0.29) is 11.9 Å². The fourth-order valence-electron chi connectivity index (χ4n) is 2.28. The summed E-state index contributed by atoms with van der Waals surface area (Å²) in [7, 11) is 0. The molecule has 0 radical (unpaired) electrons. The lowest BCUT2D eigenvalue weighted by Gasteiger charge is -2.27. The molecule has 1 aromatic carbocycles. The van der Waals surface area contributed by atoms with E-state index in [1.807, 2.05) is 47.1 Å². The quantitative estimate of drug-likeness (QED) is 0.818. The van der Waals surface area contributed by atoms with E-state index in [0.717, 1.165) is 11.1 Å². The minimum absolute atomic E-state index is 0.169. The maximum Gasteiger partial charge on any atom is 0.224 e. The summed E-state index contributed by atoms with van der Waals surface area (Å²) < 4.78 is 1.83. The normalized spacial score (nSPS) is 10.9. The fourth-order valence-corrected chi connectivity index (χ4v) is 2.28. The highest BCUT2D eigenvalue weighted by Crippen LogP contribution is 2.10. The van der Waals surface area contributed by atoms with Crippen molar-refractivity contribution in [3.8, 4) is 0 Å². The number of aromatic nitrogens is 2. The Morgan fingerprint density at radius 3 is 2.57 bits per heavy atom. The standard InChI is InChI=1S/C17H23N3O/c1-14(2)20(13-16-7-5-4-6-8-16)17(21)9-10-19-12-15(3)11-18-19/h4-8,11-12,14H,9-10,13H2,1-3H3. The van der Waals surface area contributed by atoms with E-state index in [0.29, 0.717) is 19.5 Å². The predicted octanol–water partition coefficient (Wildman–Crippen LogP) is 3.02. The van der Waals surface area contributed by atoms with Crippen LogP contribution in [0.2, 0.25) is 0 Å². The minimum atomic E-state index is 0.169. The minimum Gasteiger partial charge on any atom is -0.336 e. The summed E-state index contributed by atoms with van der Waals surface area (Å²) in [6.45, 7) is 7.40. The number of carbonyl (C=O) groups excluding carboxylic acids is 1. The number of aryl methyl sites for hydroxylation is 2. The molecule has 0 aliphatic rings. The van der Waals surface area contributed by atoms with Crippen molar-refractivity contribution in [2.24, 2.45) is 0 Å². The van der Waals surface area contributed by atoms with E-state index in [2.05, 4.69) is 31.1 Å². The zero-order valence-electron chi connectivity index (χ0n) is 13.0. The van der Waals surface area contributed by atoms with Gasteiger partial charge >= 0.3 is 0 Å². The van der Waals surface area contributed by atoms with Crippen molar-refractivity contribution >= 4 is 5.91 Å². The molecule has 0 bridgehead atoms. The highest BCUT2D eigenvalue weighted by atomic mass is 16.2. The Balaban J connectivity index is 1.95. The first kappa shape index (κ1) is 15.3. The third kappa shape index (κ3) is 4.45. The van der Waals surface area contributed by atoms with Gasteiger partial charge in [0.25, 0.3) is 0 Å². The number of carbonyl (C=O) groups is 1. The average Bonchev–Trinajstić information content (AvgIpc) is 2.89. The van der Waals surface area contributed by atoms with Crippen LogP contribution < -0.4 is 0 Å². The van der Waals surface area contributed by atoms with Gasteiger partial charge in [-0.3, -0.25) is 9.48 Å². The van der Waals surface area contributed by atoms with Gasteiger partial charge in [-0.2, -0.15) is 5.10 Å². The van der Waals surface area contributed by atoms with E-state index < -0.39 is 0 Å². The molecule has 0 unspecified atom stereocenters. The van der Waals surface area contributed by atoms with Gasteiger partial charge in [-0.1, -0.05) is 30.3 Å². The van der Waals surface area contributed by atoms with Gasteiger partial charge in [-0.15, -0.1) is 0 Å². The second-order valence-corrected chi connectivity index (χ2v) is 5.63. The highest BCUT2D eigenvalue weighted by molar-refractivity contribution is 5.76. The molecule has 0 N–H and O–H groups in total. The number of nitrogens with zero attached hydrogens (tertiary/aromatic N) is 3. The van der Waals surface area contributed by atoms with Crippen molar-refractivity contribution in [2.45, 2.75) is 46.3 Å². The second kappa shape index (κ2) is 7.07. The first-order valence-electron chi connectivity index (χ1n) is 7.38. The van der Waals surface area contributed by atoms with Gasteiger partial charge in [0.05, 0.1) is 6.20 Å². The summed E-state index contributed by atoms with van der Waals surface area (Å²) in [5.41, 5.74) is 2.28. The van der Waals surface area contributed by atoms with Crippen LogP contribution in [0.15, 0.2) is 42.7 Å². The third-order valence-corrected chi connectivity index (χ3v) is 3.46. The maximum atomic E-state index is 12.5. The number of benzene rings is 1. The SMILES string of the molecule is Cc1cnn(CCC(=O)N(Cc2ccccc2)C(C)C)c1.